The van der Waals surface area contributed by atoms with E-state index in [2.05, 4.69) is 12.2 Å². The Hall–Kier alpha value is -0.610. The van der Waals surface area contributed by atoms with Crippen LogP contribution in [-0.4, -0.2) is 49.7 Å². The fourth-order valence-electron chi connectivity index (χ4n) is 2.20. The second-order valence-electron chi connectivity index (χ2n) is 4.93. The van der Waals surface area contributed by atoms with Crippen molar-refractivity contribution in [2.75, 3.05) is 26.7 Å². The Labute approximate surface area is 105 Å². The molecule has 0 aliphatic carbocycles. The van der Waals surface area contributed by atoms with E-state index in [0.29, 0.717) is 6.42 Å². The summed E-state index contributed by atoms with van der Waals surface area (Å²) in [5.74, 6) is 0.202. The molecule has 100 valence electrons. The highest BCUT2D eigenvalue weighted by atomic mass is 16.5. The number of hydrogen-bond acceptors (Lipinski definition) is 3. The predicted molar refractivity (Wildman–Crippen MR) is 69.0 cm³/mol. The van der Waals surface area contributed by atoms with Crippen molar-refractivity contribution in [1.82, 2.24) is 10.2 Å². The molecule has 1 aliphatic heterocycles. The first kappa shape index (κ1) is 14.5. The molecule has 2 unspecified atom stereocenters. The highest BCUT2D eigenvalue weighted by molar-refractivity contribution is 5.76. The Morgan fingerprint density at radius 1 is 1.53 bits per heavy atom. The number of ether oxygens (including phenoxy) is 1. The van der Waals surface area contributed by atoms with Crippen molar-refractivity contribution < 1.29 is 9.53 Å². The first-order valence-electron chi connectivity index (χ1n) is 6.72. The molecule has 1 aliphatic rings. The number of hydrogen-bond donors (Lipinski definition) is 1. The average Bonchev–Trinajstić information content (AvgIpc) is 2.30. The van der Waals surface area contributed by atoms with Crippen LogP contribution in [-0.2, 0) is 9.53 Å². The summed E-state index contributed by atoms with van der Waals surface area (Å²) < 4.78 is 5.64. The van der Waals surface area contributed by atoms with E-state index >= 15 is 0 Å². The minimum absolute atomic E-state index is 0.202. The quantitative estimate of drug-likeness (QED) is 0.765. The van der Waals surface area contributed by atoms with Crippen LogP contribution in [0.15, 0.2) is 0 Å². The van der Waals surface area contributed by atoms with Crippen LogP contribution in [0.5, 0.6) is 0 Å². The Bertz CT molecular complexity index is 227. The van der Waals surface area contributed by atoms with Gasteiger partial charge in [0.05, 0.1) is 6.10 Å². The maximum atomic E-state index is 11.9. The standard InChI is InChI=1S/C13H26N2O2/c1-4-14-11(2)9-13(16)15(3)10-12-7-5-6-8-17-12/h11-12,14H,4-10H2,1-3H3. The summed E-state index contributed by atoms with van der Waals surface area (Å²) >= 11 is 0. The fraction of sp³-hybridized carbons (Fsp3) is 0.923. The summed E-state index contributed by atoms with van der Waals surface area (Å²) in [6, 6.07) is 0.252. The number of rotatable bonds is 6. The van der Waals surface area contributed by atoms with Crippen LogP contribution in [0.25, 0.3) is 0 Å². The molecule has 0 aromatic carbocycles. The molecule has 0 saturated carbocycles. The molecule has 0 radical (unpaired) electrons. The minimum atomic E-state index is 0.202. The molecule has 1 amide bonds. The predicted octanol–water partition coefficient (Wildman–Crippen LogP) is 1.40. The fourth-order valence-corrected chi connectivity index (χ4v) is 2.20. The molecule has 4 heteroatoms. The average molecular weight is 242 g/mol. The normalized spacial score (nSPS) is 22.2. The highest BCUT2D eigenvalue weighted by Crippen LogP contribution is 2.13. The lowest BCUT2D eigenvalue weighted by Crippen LogP contribution is -2.40. The molecular formula is C13H26N2O2. The highest BCUT2D eigenvalue weighted by Gasteiger charge is 2.19. The summed E-state index contributed by atoms with van der Waals surface area (Å²) in [5.41, 5.74) is 0. The monoisotopic (exact) mass is 242 g/mol. The largest absolute Gasteiger partial charge is 0.376 e. The minimum Gasteiger partial charge on any atom is -0.376 e. The molecule has 1 heterocycles. The first-order valence-corrected chi connectivity index (χ1v) is 6.72. The van der Waals surface area contributed by atoms with E-state index in [1.54, 1.807) is 0 Å². The van der Waals surface area contributed by atoms with Crippen LogP contribution < -0.4 is 5.32 Å². The van der Waals surface area contributed by atoms with Crippen LogP contribution in [0.2, 0.25) is 0 Å². The first-order chi connectivity index (χ1) is 8.13. The van der Waals surface area contributed by atoms with Crippen molar-refractivity contribution in [2.24, 2.45) is 0 Å². The van der Waals surface area contributed by atoms with Gasteiger partial charge in [-0.2, -0.15) is 0 Å². The summed E-state index contributed by atoms with van der Waals surface area (Å²) in [4.78, 5) is 13.7. The van der Waals surface area contributed by atoms with Gasteiger partial charge < -0.3 is 15.0 Å². The van der Waals surface area contributed by atoms with Gasteiger partial charge in [-0.25, -0.2) is 0 Å². The third-order valence-corrected chi connectivity index (χ3v) is 3.21. The molecule has 0 aromatic rings. The molecule has 4 nitrogen and oxygen atoms in total. The van der Waals surface area contributed by atoms with E-state index in [1.807, 2.05) is 18.9 Å². The number of nitrogens with zero attached hydrogens (tertiary/aromatic N) is 1. The Balaban J connectivity index is 2.25. The van der Waals surface area contributed by atoms with Crippen molar-refractivity contribution >= 4 is 5.91 Å². The number of nitrogens with one attached hydrogen (secondary N) is 1. The Morgan fingerprint density at radius 3 is 2.88 bits per heavy atom. The third kappa shape index (κ3) is 5.50. The van der Waals surface area contributed by atoms with E-state index in [0.717, 1.165) is 32.5 Å². The zero-order valence-electron chi connectivity index (χ0n) is 11.4. The van der Waals surface area contributed by atoms with Gasteiger partial charge in [-0.1, -0.05) is 6.92 Å². The van der Waals surface area contributed by atoms with Crippen molar-refractivity contribution in [2.45, 2.75) is 51.7 Å². The number of carbonyl (C=O) groups is 1. The summed E-state index contributed by atoms with van der Waals surface area (Å²) in [7, 11) is 1.87. The second-order valence-corrected chi connectivity index (χ2v) is 4.93. The van der Waals surface area contributed by atoms with Gasteiger partial charge in [0.1, 0.15) is 0 Å². The lowest BCUT2D eigenvalue weighted by Gasteiger charge is -2.28. The maximum Gasteiger partial charge on any atom is 0.223 e. The van der Waals surface area contributed by atoms with Crippen molar-refractivity contribution in [3.05, 3.63) is 0 Å². The molecule has 1 N–H and O–H groups in total. The molecular weight excluding hydrogens is 216 g/mol. The number of amides is 1. The summed E-state index contributed by atoms with van der Waals surface area (Å²) in [6.45, 7) is 6.59. The van der Waals surface area contributed by atoms with Crippen LogP contribution in [0.1, 0.15) is 39.5 Å². The zero-order chi connectivity index (χ0) is 12.7. The van der Waals surface area contributed by atoms with Crippen LogP contribution in [0.4, 0.5) is 0 Å². The van der Waals surface area contributed by atoms with Gasteiger partial charge in [-0.3, -0.25) is 4.79 Å². The summed E-state index contributed by atoms with van der Waals surface area (Å²) in [5, 5.41) is 3.26. The van der Waals surface area contributed by atoms with Crippen LogP contribution in [0, 0.1) is 0 Å². The topological polar surface area (TPSA) is 41.6 Å². The number of likely N-dealkylation sites (N-methyl/N-ethyl adjacent to an activating group) is 1. The SMILES string of the molecule is CCNC(C)CC(=O)N(C)CC1CCCCO1. The lowest BCUT2D eigenvalue weighted by atomic mass is 10.1. The molecule has 1 saturated heterocycles. The van der Waals surface area contributed by atoms with Crippen LogP contribution in [0.3, 0.4) is 0 Å². The van der Waals surface area contributed by atoms with E-state index in [4.69, 9.17) is 4.74 Å². The molecule has 0 spiro atoms. The lowest BCUT2D eigenvalue weighted by molar-refractivity contribution is -0.132. The van der Waals surface area contributed by atoms with E-state index in [9.17, 15) is 4.79 Å². The Morgan fingerprint density at radius 2 is 2.29 bits per heavy atom. The summed E-state index contributed by atoms with van der Waals surface area (Å²) in [6.07, 6.45) is 4.27. The molecule has 1 fully saturated rings. The van der Waals surface area contributed by atoms with Gasteiger partial charge in [0, 0.05) is 32.7 Å². The van der Waals surface area contributed by atoms with Gasteiger partial charge in [0.15, 0.2) is 0 Å². The van der Waals surface area contributed by atoms with Crippen molar-refractivity contribution in [3.63, 3.8) is 0 Å². The van der Waals surface area contributed by atoms with Gasteiger partial charge in [-0.05, 0) is 32.7 Å². The molecule has 17 heavy (non-hydrogen) atoms. The van der Waals surface area contributed by atoms with E-state index in [1.165, 1.54) is 6.42 Å². The van der Waals surface area contributed by atoms with Crippen molar-refractivity contribution in [1.29, 1.82) is 0 Å². The molecule has 2 atom stereocenters. The van der Waals surface area contributed by atoms with Crippen LogP contribution >= 0.6 is 0 Å². The maximum absolute atomic E-state index is 11.9. The Kier molecular flexibility index (Phi) is 6.52. The zero-order valence-corrected chi connectivity index (χ0v) is 11.4. The second kappa shape index (κ2) is 7.67. The smallest absolute Gasteiger partial charge is 0.223 e. The van der Waals surface area contributed by atoms with Crippen molar-refractivity contribution in [3.8, 4) is 0 Å². The van der Waals surface area contributed by atoms with E-state index < -0.39 is 0 Å². The van der Waals surface area contributed by atoms with Gasteiger partial charge in [-0.15, -0.1) is 0 Å². The molecule has 1 rings (SSSR count). The molecule has 0 aromatic heterocycles. The van der Waals surface area contributed by atoms with Gasteiger partial charge in [0.25, 0.3) is 0 Å². The van der Waals surface area contributed by atoms with Gasteiger partial charge in [0.2, 0.25) is 5.91 Å². The molecule has 0 bridgehead atoms. The van der Waals surface area contributed by atoms with E-state index in [-0.39, 0.29) is 18.1 Å². The third-order valence-electron chi connectivity index (χ3n) is 3.21. The van der Waals surface area contributed by atoms with Gasteiger partial charge >= 0.3 is 0 Å². The number of carbonyl (C=O) groups excluding carboxylic acids is 1.